The summed E-state index contributed by atoms with van der Waals surface area (Å²) >= 11 is 0. The highest BCUT2D eigenvalue weighted by atomic mass is 19.4. The molecule has 0 saturated carbocycles. The molecule has 0 amide bonds. The summed E-state index contributed by atoms with van der Waals surface area (Å²) in [5, 5.41) is 8.52. The number of hydrogen-bond acceptors (Lipinski definition) is 2. The molecule has 0 spiro atoms. The molecule has 132 valence electrons. The summed E-state index contributed by atoms with van der Waals surface area (Å²) in [7, 11) is 0. The van der Waals surface area contributed by atoms with Crippen molar-refractivity contribution in [3.8, 4) is 11.1 Å². The smallest absolute Gasteiger partial charge is 0.360 e. The summed E-state index contributed by atoms with van der Waals surface area (Å²) in [6.45, 7) is 2.73. The van der Waals surface area contributed by atoms with E-state index in [9.17, 15) is 17.6 Å². The third-order valence-electron chi connectivity index (χ3n) is 4.65. The van der Waals surface area contributed by atoms with Crippen molar-refractivity contribution in [2.24, 2.45) is 0 Å². The molecule has 1 aromatic heterocycles. The highest BCUT2D eigenvalue weighted by molar-refractivity contribution is 5.69. The van der Waals surface area contributed by atoms with Gasteiger partial charge in [0.15, 0.2) is 0 Å². The van der Waals surface area contributed by atoms with Crippen LogP contribution < -0.4 is 10.7 Å². The van der Waals surface area contributed by atoms with Gasteiger partial charge >= 0.3 is 6.18 Å². The second-order valence-corrected chi connectivity index (χ2v) is 6.50. The molecule has 0 radical (unpaired) electrons. The number of alkyl halides is 3. The Balaban J connectivity index is 2.17. The lowest BCUT2D eigenvalue weighted by Crippen LogP contribution is -2.55. The molecule has 3 nitrogen and oxygen atoms in total. The van der Waals surface area contributed by atoms with E-state index in [1.165, 1.54) is 23.2 Å². The van der Waals surface area contributed by atoms with Gasteiger partial charge in [-0.3, -0.25) is 5.41 Å². The number of rotatable bonds is 2. The van der Waals surface area contributed by atoms with E-state index in [1.807, 2.05) is 0 Å². The Labute approximate surface area is 142 Å². The normalized spacial score (nSPS) is 14.7. The molecule has 0 atom stereocenters. The van der Waals surface area contributed by atoms with Crippen LogP contribution in [0.5, 0.6) is 0 Å². The number of halogens is 4. The van der Waals surface area contributed by atoms with E-state index in [4.69, 9.17) is 5.41 Å². The van der Waals surface area contributed by atoms with Crippen LogP contribution in [0.2, 0.25) is 0 Å². The van der Waals surface area contributed by atoms with Crippen molar-refractivity contribution in [1.82, 2.24) is 9.47 Å². The lowest BCUT2D eigenvalue weighted by Gasteiger charge is -2.40. The number of nitrogens with one attached hydrogen (secondary N) is 1. The second kappa shape index (κ2) is 5.77. The molecule has 0 fully saturated rings. The molecule has 2 aromatic rings. The third kappa shape index (κ3) is 2.85. The molecular weight excluding hydrogens is 334 g/mol. The van der Waals surface area contributed by atoms with E-state index in [1.54, 1.807) is 22.8 Å². The van der Waals surface area contributed by atoms with E-state index in [2.05, 4.69) is 5.87 Å². The Morgan fingerprint density at radius 3 is 2.44 bits per heavy atom. The van der Waals surface area contributed by atoms with Crippen LogP contribution in [0.25, 0.3) is 17.3 Å². The zero-order valence-electron chi connectivity index (χ0n) is 13.8. The van der Waals surface area contributed by atoms with Crippen molar-refractivity contribution < 1.29 is 17.6 Å². The highest BCUT2D eigenvalue weighted by Crippen LogP contribution is 2.35. The second-order valence-electron chi connectivity index (χ2n) is 6.50. The summed E-state index contributed by atoms with van der Waals surface area (Å²) in [4.78, 5) is 1.26. The molecule has 1 aliphatic heterocycles. The first-order valence-corrected chi connectivity index (χ1v) is 7.75. The van der Waals surface area contributed by atoms with Gasteiger partial charge in [-0.2, -0.15) is 13.2 Å². The summed E-state index contributed by atoms with van der Waals surface area (Å²) in [5.74, 6) is 1.92. The first-order chi connectivity index (χ1) is 11.6. The third-order valence-corrected chi connectivity index (χ3v) is 4.65. The van der Waals surface area contributed by atoms with Gasteiger partial charge < -0.3 is 9.47 Å². The van der Waals surface area contributed by atoms with Gasteiger partial charge in [0.2, 0.25) is 0 Å². The van der Waals surface area contributed by atoms with Crippen LogP contribution in [-0.2, 0) is 6.54 Å². The van der Waals surface area contributed by atoms with E-state index in [0.29, 0.717) is 28.4 Å². The summed E-state index contributed by atoms with van der Waals surface area (Å²) in [5.41, 5.74) is -0.866. The van der Waals surface area contributed by atoms with Gasteiger partial charge in [0, 0.05) is 30.7 Å². The van der Waals surface area contributed by atoms with Crippen molar-refractivity contribution in [2.75, 3.05) is 6.54 Å². The number of aromatic nitrogens is 1. The Morgan fingerprint density at radius 1 is 1.12 bits per heavy atom. The van der Waals surface area contributed by atoms with Crippen molar-refractivity contribution in [3.05, 3.63) is 46.8 Å². The first kappa shape index (κ1) is 17.3. The molecule has 0 unspecified atom stereocenters. The van der Waals surface area contributed by atoms with E-state index < -0.39 is 17.5 Å². The topological polar surface area (TPSA) is 32.0 Å². The lowest BCUT2D eigenvalue weighted by molar-refractivity contribution is -0.210. The van der Waals surface area contributed by atoms with Crippen molar-refractivity contribution >= 4 is 12.1 Å². The monoisotopic (exact) mass is 351 g/mol. The van der Waals surface area contributed by atoms with Crippen molar-refractivity contribution in [2.45, 2.75) is 32.1 Å². The molecule has 7 heteroatoms. The molecule has 3 rings (SSSR count). The maximum Gasteiger partial charge on any atom is 0.411 e. The van der Waals surface area contributed by atoms with Gasteiger partial charge in [0.1, 0.15) is 16.7 Å². The number of fused-ring (bicyclic) bond motifs is 1. The standard InChI is InChI=1S/C18H17F4N3/c1-17(2,18(20,21)22)24-6-7-25-14(11-24)9-15(16(25)10-23)12-4-3-5-13(19)8-12/h3-5,8-9,11,23H,6-7H2,1-2H3. The fraction of sp³-hybridized carbons (Fsp3) is 0.333. The maximum absolute atomic E-state index is 13.5. The SMILES string of the molecule is CC(C)(N1C=c2cc(-c3cccc(F)c3)c(=C=N)n2CC1)C(F)(F)F. The van der Waals surface area contributed by atoms with Crippen LogP contribution in [0.1, 0.15) is 13.8 Å². The average Bonchev–Trinajstić information content (AvgIpc) is 2.91. The molecule has 2 heterocycles. The molecule has 0 bridgehead atoms. The predicted octanol–water partition coefficient (Wildman–Crippen LogP) is 2.61. The van der Waals surface area contributed by atoms with Gasteiger partial charge in [-0.1, -0.05) is 12.1 Å². The van der Waals surface area contributed by atoms with Crippen LogP contribution >= 0.6 is 0 Å². The fourth-order valence-electron chi connectivity index (χ4n) is 2.96. The minimum Gasteiger partial charge on any atom is -0.360 e. The number of nitrogens with zero attached hydrogens (tertiary/aromatic N) is 2. The van der Waals surface area contributed by atoms with Gasteiger partial charge in [-0.25, -0.2) is 4.39 Å². The Morgan fingerprint density at radius 2 is 1.84 bits per heavy atom. The van der Waals surface area contributed by atoms with Gasteiger partial charge in [-0.15, -0.1) is 0 Å². The zero-order valence-corrected chi connectivity index (χ0v) is 13.8. The quantitative estimate of drug-likeness (QED) is 0.655. The van der Waals surface area contributed by atoms with Crippen LogP contribution in [-0.4, -0.2) is 33.6 Å². The van der Waals surface area contributed by atoms with Crippen molar-refractivity contribution in [3.63, 3.8) is 0 Å². The zero-order chi connectivity index (χ0) is 18.4. The maximum atomic E-state index is 13.5. The Hall–Kier alpha value is -2.53. The predicted molar refractivity (Wildman–Crippen MR) is 87.2 cm³/mol. The van der Waals surface area contributed by atoms with Crippen molar-refractivity contribution in [1.29, 1.82) is 5.41 Å². The van der Waals surface area contributed by atoms with Gasteiger partial charge in [0.05, 0.1) is 5.35 Å². The van der Waals surface area contributed by atoms with Crippen LogP contribution in [0.15, 0.2) is 30.3 Å². The summed E-state index contributed by atoms with van der Waals surface area (Å²) < 4.78 is 55.1. The van der Waals surface area contributed by atoms with Crippen LogP contribution in [0.3, 0.4) is 0 Å². The molecule has 1 aromatic carbocycles. The molecule has 1 N–H and O–H groups in total. The fourth-order valence-corrected chi connectivity index (χ4v) is 2.96. The summed E-state index contributed by atoms with van der Waals surface area (Å²) in [6, 6.07) is 7.57. The highest BCUT2D eigenvalue weighted by Gasteiger charge is 2.50. The Bertz CT molecular complexity index is 950. The lowest BCUT2D eigenvalue weighted by atomic mass is 10.0. The number of hydrogen-bond donors (Lipinski definition) is 1. The Kier molecular flexibility index (Phi) is 4.00. The first-order valence-electron chi connectivity index (χ1n) is 7.75. The van der Waals surface area contributed by atoms with E-state index in [-0.39, 0.29) is 6.54 Å². The van der Waals surface area contributed by atoms with Gasteiger partial charge in [0.25, 0.3) is 0 Å². The molecule has 25 heavy (non-hydrogen) atoms. The molecular formula is C18H17F4N3. The number of benzene rings is 1. The van der Waals surface area contributed by atoms with Gasteiger partial charge in [-0.05, 0) is 37.6 Å². The van der Waals surface area contributed by atoms with E-state index in [0.717, 1.165) is 13.8 Å². The largest absolute Gasteiger partial charge is 0.411 e. The summed E-state index contributed by atoms with van der Waals surface area (Å²) in [6.07, 6.45) is -2.93. The molecule has 0 aliphatic carbocycles. The minimum atomic E-state index is -4.37. The van der Waals surface area contributed by atoms with Crippen LogP contribution in [0.4, 0.5) is 17.6 Å². The molecule has 0 saturated heterocycles. The minimum absolute atomic E-state index is 0.158. The molecule has 1 aliphatic rings. The average molecular weight is 351 g/mol. The van der Waals surface area contributed by atoms with Crippen LogP contribution in [0, 0.1) is 11.2 Å². The van der Waals surface area contributed by atoms with E-state index >= 15 is 0 Å².